The lowest BCUT2D eigenvalue weighted by molar-refractivity contribution is 0.324. The van der Waals surface area contributed by atoms with Crippen molar-refractivity contribution in [1.29, 1.82) is 0 Å². The van der Waals surface area contributed by atoms with Gasteiger partial charge in [0.1, 0.15) is 5.76 Å². The summed E-state index contributed by atoms with van der Waals surface area (Å²) in [6.07, 6.45) is 1.80. The molecule has 1 N–H and O–H groups in total. The van der Waals surface area contributed by atoms with Crippen molar-refractivity contribution in [3.8, 4) is 0 Å². The third-order valence-corrected chi connectivity index (χ3v) is 2.13. The predicted molar refractivity (Wildman–Crippen MR) is 61.8 cm³/mol. The molecule has 15 heavy (non-hydrogen) atoms. The van der Waals surface area contributed by atoms with Gasteiger partial charge < -0.3 is 9.84 Å². The molecule has 3 nitrogen and oxygen atoms in total. The van der Waals surface area contributed by atoms with Gasteiger partial charge in [0.15, 0.2) is 0 Å². The zero-order valence-electron chi connectivity index (χ0n) is 10.6. The number of nitrogens with one attached hydrogen (secondary N) is 1. The Labute approximate surface area is 92.2 Å². The highest BCUT2D eigenvalue weighted by molar-refractivity contribution is 5.20. The molecule has 0 atom stereocenters. The van der Waals surface area contributed by atoms with E-state index in [1.165, 1.54) is 0 Å². The first-order chi connectivity index (χ1) is 6.70. The monoisotopic (exact) mass is 210 g/mol. The van der Waals surface area contributed by atoms with E-state index in [1.54, 1.807) is 6.20 Å². The van der Waals surface area contributed by atoms with Gasteiger partial charge in [-0.25, -0.2) is 0 Å². The maximum atomic E-state index is 5.30. The smallest absolute Gasteiger partial charge is 0.146 e. The van der Waals surface area contributed by atoms with Gasteiger partial charge in [0.25, 0.3) is 0 Å². The Morgan fingerprint density at radius 1 is 1.20 bits per heavy atom. The van der Waals surface area contributed by atoms with Crippen LogP contribution in [0.2, 0.25) is 0 Å². The maximum absolute atomic E-state index is 5.30. The first kappa shape index (κ1) is 12.2. The zero-order chi connectivity index (χ0) is 11.7. The molecule has 0 bridgehead atoms. The Morgan fingerprint density at radius 2 is 1.80 bits per heavy atom. The van der Waals surface area contributed by atoms with Crippen molar-refractivity contribution in [2.75, 3.05) is 0 Å². The second kappa shape index (κ2) is 3.97. The molecule has 0 aliphatic carbocycles. The van der Waals surface area contributed by atoms with Crippen molar-refractivity contribution in [1.82, 2.24) is 10.5 Å². The molecule has 0 unspecified atom stereocenters. The summed E-state index contributed by atoms with van der Waals surface area (Å²) in [6, 6.07) is 0. The normalized spacial score (nSPS) is 13.2. The molecule has 1 rings (SSSR count). The largest absolute Gasteiger partial charge is 0.361 e. The molecule has 0 saturated heterocycles. The predicted octanol–water partition coefficient (Wildman–Crippen LogP) is 2.86. The zero-order valence-corrected chi connectivity index (χ0v) is 10.6. The van der Waals surface area contributed by atoms with Gasteiger partial charge in [-0.1, -0.05) is 25.9 Å². The van der Waals surface area contributed by atoms with E-state index in [1.807, 2.05) is 0 Å². The van der Waals surface area contributed by atoms with Crippen molar-refractivity contribution in [2.24, 2.45) is 0 Å². The summed E-state index contributed by atoms with van der Waals surface area (Å²) in [5.41, 5.74) is 1.29. The second-order valence-corrected chi connectivity index (χ2v) is 6.03. The van der Waals surface area contributed by atoms with Crippen LogP contribution < -0.4 is 5.32 Å². The van der Waals surface area contributed by atoms with E-state index in [2.05, 4.69) is 52.0 Å². The van der Waals surface area contributed by atoms with Crippen molar-refractivity contribution in [3.05, 3.63) is 17.5 Å². The van der Waals surface area contributed by atoms with Crippen molar-refractivity contribution >= 4 is 0 Å². The number of rotatable bonds is 2. The standard InChI is InChI=1S/C12H22N2O/c1-11(2,3)10-9(8-14-15-10)7-13-12(4,5)6/h8,13H,7H2,1-6H3. The Bertz CT molecular complexity index is 315. The van der Waals surface area contributed by atoms with Crippen LogP contribution >= 0.6 is 0 Å². The SMILES string of the molecule is CC(C)(C)NCc1cnoc1C(C)(C)C. The minimum absolute atomic E-state index is 0.0192. The molecule has 0 saturated carbocycles. The summed E-state index contributed by atoms with van der Waals surface area (Å²) in [5.74, 6) is 0.972. The fourth-order valence-corrected chi connectivity index (χ4v) is 1.36. The Balaban J connectivity index is 2.75. The van der Waals surface area contributed by atoms with Gasteiger partial charge >= 0.3 is 0 Å². The van der Waals surface area contributed by atoms with Crippen LogP contribution in [0, 0.1) is 0 Å². The molecule has 0 fully saturated rings. The van der Waals surface area contributed by atoms with E-state index in [0.717, 1.165) is 17.9 Å². The van der Waals surface area contributed by atoms with E-state index >= 15 is 0 Å². The average molecular weight is 210 g/mol. The molecule has 0 radical (unpaired) electrons. The molecule has 86 valence electrons. The van der Waals surface area contributed by atoms with Crippen molar-refractivity contribution < 1.29 is 4.52 Å². The van der Waals surface area contributed by atoms with Gasteiger partial charge in [-0.15, -0.1) is 0 Å². The molecule has 0 spiro atoms. The topological polar surface area (TPSA) is 38.1 Å². The van der Waals surface area contributed by atoms with E-state index in [9.17, 15) is 0 Å². The van der Waals surface area contributed by atoms with E-state index < -0.39 is 0 Å². The van der Waals surface area contributed by atoms with Gasteiger partial charge in [-0.3, -0.25) is 0 Å². The molecule has 3 heteroatoms. The lowest BCUT2D eigenvalue weighted by Crippen LogP contribution is -2.35. The first-order valence-electron chi connectivity index (χ1n) is 5.39. The average Bonchev–Trinajstić information content (AvgIpc) is 2.45. The van der Waals surface area contributed by atoms with E-state index in [0.29, 0.717) is 0 Å². The Hall–Kier alpha value is -0.830. The number of nitrogens with zero attached hydrogens (tertiary/aromatic N) is 1. The van der Waals surface area contributed by atoms with Crippen LogP contribution in [0.3, 0.4) is 0 Å². The molecular formula is C12H22N2O. The quantitative estimate of drug-likeness (QED) is 0.815. The van der Waals surface area contributed by atoms with Gasteiger partial charge in [-0.05, 0) is 20.8 Å². The van der Waals surface area contributed by atoms with E-state index in [4.69, 9.17) is 4.52 Å². The van der Waals surface area contributed by atoms with Crippen LogP contribution in [0.5, 0.6) is 0 Å². The van der Waals surface area contributed by atoms with E-state index in [-0.39, 0.29) is 11.0 Å². The third-order valence-electron chi connectivity index (χ3n) is 2.13. The molecule has 0 aliphatic rings. The van der Waals surface area contributed by atoms with Crippen molar-refractivity contribution in [3.63, 3.8) is 0 Å². The highest BCUT2D eigenvalue weighted by Crippen LogP contribution is 2.25. The first-order valence-corrected chi connectivity index (χ1v) is 5.39. The van der Waals surface area contributed by atoms with Crippen LogP contribution in [-0.2, 0) is 12.0 Å². The van der Waals surface area contributed by atoms with Gasteiger partial charge in [0.2, 0.25) is 0 Å². The summed E-state index contributed by atoms with van der Waals surface area (Å²) in [6.45, 7) is 13.7. The molecule has 0 amide bonds. The Kier molecular flexibility index (Phi) is 3.24. The summed E-state index contributed by atoms with van der Waals surface area (Å²) in [7, 11) is 0. The second-order valence-electron chi connectivity index (χ2n) is 6.03. The number of hydrogen-bond donors (Lipinski definition) is 1. The molecule has 1 aromatic heterocycles. The van der Waals surface area contributed by atoms with Crippen LogP contribution in [0.1, 0.15) is 52.9 Å². The summed E-state index contributed by atoms with van der Waals surface area (Å²) in [5, 5.41) is 7.31. The molecule has 1 heterocycles. The molecule has 0 aliphatic heterocycles. The van der Waals surface area contributed by atoms with Crippen LogP contribution in [0.4, 0.5) is 0 Å². The maximum Gasteiger partial charge on any atom is 0.146 e. The summed E-state index contributed by atoms with van der Waals surface area (Å²) in [4.78, 5) is 0. The lowest BCUT2D eigenvalue weighted by atomic mass is 9.90. The minimum atomic E-state index is 0.0192. The number of aromatic nitrogens is 1. The highest BCUT2D eigenvalue weighted by Gasteiger charge is 2.23. The fourth-order valence-electron chi connectivity index (χ4n) is 1.36. The molecule has 0 aromatic carbocycles. The molecular weight excluding hydrogens is 188 g/mol. The fraction of sp³-hybridized carbons (Fsp3) is 0.750. The highest BCUT2D eigenvalue weighted by atomic mass is 16.5. The lowest BCUT2D eigenvalue weighted by Gasteiger charge is -2.22. The van der Waals surface area contributed by atoms with Crippen LogP contribution in [0.15, 0.2) is 10.7 Å². The van der Waals surface area contributed by atoms with Crippen LogP contribution in [0.25, 0.3) is 0 Å². The summed E-state index contributed by atoms with van der Waals surface area (Å²) >= 11 is 0. The minimum Gasteiger partial charge on any atom is -0.361 e. The third kappa shape index (κ3) is 3.67. The molecule has 1 aromatic rings. The van der Waals surface area contributed by atoms with Crippen LogP contribution in [-0.4, -0.2) is 10.7 Å². The van der Waals surface area contributed by atoms with Gasteiger partial charge in [0, 0.05) is 23.1 Å². The van der Waals surface area contributed by atoms with Crippen molar-refractivity contribution in [2.45, 2.75) is 59.0 Å². The number of hydrogen-bond acceptors (Lipinski definition) is 3. The summed E-state index contributed by atoms with van der Waals surface area (Å²) < 4.78 is 5.30. The Morgan fingerprint density at radius 3 is 2.27 bits per heavy atom. The van der Waals surface area contributed by atoms with Gasteiger partial charge in [0.05, 0.1) is 6.20 Å². The van der Waals surface area contributed by atoms with Gasteiger partial charge in [-0.2, -0.15) is 0 Å².